The average Bonchev–Trinajstić information content (AvgIpc) is 2.67. The molecule has 0 aromatic carbocycles. The molecule has 2 heterocycles. The van der Waals surface area contributed by atoms with Crippen molar-refractivity contribution in [2.45, 2.75) is 20.4 Å². The molecule has 0 spiro atoms. The zero-order valence-electron chi connectivity index (χ0n) is 10.2. The van der Waals surface area contributed by atoms with Crippen molar-refractivity contribution in [3.63, 3.8) is 0 Å². The smallest absolute Gasteiger partial charge is 0.354 e. The minimum atomic E-state index is -1.01. The number of pyridine rings is 1. The topological polar surface area (TPSA) is 62.2 Å². The van der Waals surface area contributed by atoms with E-state index in [2.05, 4.69) is 30.2 Å². The fourth-order valence-electron chi connectivity index (χ4n) is 1.57. The van der Waals surface area contributed by atoms with E-state index in [4.69, 9.17) is 5.11 Å². The third kappa shape index (κ3) is 2.87. The van der Waals surface area contributed by atoms with Crippen LogP contribution in [0.3, 0.4) is 0 Å². The van der Waals surface area contributed by atoms with Gasteiger partial charge >= 0.3 is 5.97 Å². The molecule has 0 aliphatic carbocycles. The lowest BCUT2D eigenvalue weighted by Gasteiger charge is -2.04. The summed E-state index contributed by atoms with van der Waals surface area (Å²) in [6.45, 7) is 4.83. The summed E-state index contributed by atoms with van der Waals surface area (Å²) in [5, 5.41) is 12.0. The number of aromatic carboxylic acids is 1. The number of hydrogen-bond donors (Lipinski definition) is 2. The highest BCUT2D eigenvalue weighted by atomic mass is 32.1. The van der Waals surface area contributed by atoms with Crippen molar-refractivity contribution < 1.29 is 9.90 Å². The molecule has 2 aromatic heterocycles. The Kier molecular flexibility index (Phi) is 3.62. The Morgan fingerprint density at radius 2 is 2.22 bits per heavy atom. The summed E-state index contributed by atoms with van der Waals surface area (Å²) in [5.74, 6) is -0.430. The maximum absolute atomic E-state index is 10.8. The fourth-order valence-corrected chi connectivity index (χ4v) is 2.56. The van der Waals surface area contributed by atoms with E-state index >= 15 is 0 Å². The lowest BCUT2D eigenvalue weighted by Crippen LogP contribution is -2.04. The molecule has 2 N–H and O–H groups in total. The Balaban J connectivity index is 2.06. The van der Waals surface area contributed by atoms with Gasteiger partial charge in [0.1, 0.15) is 5.82 Å². The molecule has 2 rings (SSSR count). The molecule has 0 atom stereocenters. The second-order valence-corrected chi connectivity index (χ2v) is 5.36. The first-order chi connectivity index (χ1) is 8.56. The van der Waals surface area contributed by atoms with Crippen molar-refractivity contribution in [2.24, 2.45) is 0 Å². The molecule has 2 aromatic rings. The van der Waals surface area contributed by atoms with E-state index in [1.54, 1.807) is 23.5 Å². The van der Waals surface area contributed by atoms with Crippen LogP contribution in [0.15, 0.2) is 24.3 Å². The van der Waals surface area contributed by atoms with Crippen LogP contribution in [0.1, 0.15) is 25.8 Å². The van der Waals surface area contributed by atoms with E-state index in [1.807, 2.05) is 0 Å². The quantitative estimate of drug-likeness (QED) is 0.889. The van der Waals surface area contributed by atoms with Gasteiger partial charge in [-0.2, -0.15) is 0 Å². The zero-order valence-corrected chi connectivity index (χ0v) is 11.0. The van der Waals surface area contributed by atoms with Gasteiger partial charge in [-0.3, -0.25) is 0 Å². The van der Waals surface area contributed by atoms with Gasteiger partial charge in [-0.15, -0.1) is 11.3 Å². The maximum atomic E-state index is 10.8. The number of carboxylic acid groups (broad SMARTS) is 1. The molecule has 94 valence electrons. The molecular formula is C13H14N2O2S. The minimum Gasteiger partial charge on any atom is -0.477 e. The van der Waals surface area contributed by atoms with Crippen molar-refractivity contribution in [1.82, 2.24) is 4.98 Å². The summed E-state index contributed by atoms with van der Waals surface area (Å²) in [7, 11) is 0. The summed E-state index contributed by atoms with van der Waals surface area (Å²) in [4.78, 5) is 17.3. The number of hydrogen-bond acceptors (Lipinski definition) is 4. The summed E-state index contributed by atoms with van der Waals surface area (Å²) >= 11 is 1.74. The number of nitrogens with zero attached hydrogens (tertiary/aromatic N) is 1. The Morgan fingerprint density at radius 3 is 2.83 bits per heavy atom. The van der Waals surface area contributed by atoms with Crippen LogP contribution >= 0.6 is 11.3 Å². The number of rotatable bonds is 4. The first-order valence-electron chi connectivity index (χ1n) is 5.56. The second-order valence-electron chi connectivity index (χ2n) is 4.02. The summed E-state index contributed by atoms with van der Waals surface area (Å²) in [6.07, 6.45) is 0. The van der Waals surface area contributed by atoms with Crippen LogP contribution in [0.2, 0.25) is 0 Å². The number of nitrogens with one attached hydrogen (secondary N) is 1. The van der Waals surface area contributed by atoms with Crippen molar-refractivity contribution in [3.05, 3.63) is 45.3 Å². The fraction of sp³-hybridized carbons (Fsp3) is 0.231. The molecule has 0 bridgehead atoms. The van der Waals surface area contributed by atoms with Crippen LogP contribution in [0, 0.1) is 13.8 Å². The monoisotopic (exact) mass is 262 g/mol. The number of thiophene rings is 1. The van der Waals surface area contributed by atoms with Crippen LogP contribution in [0.25, 0.3) is 0 Å². The zero-order chi connectivity index (χ0) is 13.1. The van der Waals surface area contributed by atoms with E-state index < -0.39 is 5.97 Å². The largest absolute Gasteiger partial charge is 0.477 e. The Hall–Kier alpha value is -1.88. The lowest BCUT2D eigenvalue weighted by atomic mass is 10.3. The van der Waals surface area contributed by atoms with Crippen LogP contribution < -0.4 is 5.32 Å². The van der Waals surface area contributed by atoms with Gasteiger partial charge in [0.25, 0.3) is 0 Å². The van der Waals surface area contributed by atoms with Gasteiger partial charge in [-0.25, -0.2) is 9.78 Å². The van der Waals surface area contributed by atoms with Crippen LogP contribution in [0.5, 0.6) is 0 Å². The number of aryl methyl sites for hydroxylation is 2. The number of carbonyl (C=O) groups is 1. The van der Waals surface area contributed by atoms with Crippen LogP contribution in [-0.2, 0) is 6.54 Å². The SMILES string of the molecule is Cc1cc(CNc2cccc(C(=O)O)n2)sc1C. The first-order valence-corrected chi connectivity index (χ1v) is 6.38. The van der Waals surface area contributed by atoms with Crippen molar-refractivity contribution >= 4 is 23.1 Å². The molecule has 0 aliphatic rings. The molecule has 0 saturated heterocycles. The first kappa shape index (κ1) is 12.6. The highest BCUT2D eigenvalue weighted by molar-refractivity contribution is 7.12. The second kappa shape index (κ2) is 5.18. The summed E-state index contributed by atoms with van der Waals surface area (Å²) < 4.78 is 0. The van der Waals surface area contributed by atoms with Crippen LogP contribution in [0.4, 0.5) is 5.82 Å². The summed E-state index contributed by atoms with van der Waals surface area (Å²) in [5.41, 5.74) is 1.34. The van der Waals surface area contributed by atoms with Gasteiger partial charge in [0.15, 0.2) is 5.69 Å². The third-order valence-corrected chi connectivity index (χ3v) is 3.78. The van der Waals surface area contributed by atoms with E-state index in [-0.39, 0.29) is 5.69 Å². The molecule has 0 unspecified atom stereocenters. The third-order valence-electron chi connectivity index (χ3n) is 2.63. The van der Waals surface area contributed by atoms with E-state index in [1.165, 1.54) is 21.4 Å². The molecule has 0 aliphatic heterocycles. The normalized spacial score (nSPS) is 10.3. The van der Waals surface area contributed by atoms with Gasteiger partial charge in [0, 0.05) is 9.75 Å². The molecule has 18 heavy (non-hydrogen) atoms. The summed E-state index contributed by atoms with van der Waals surface area (Å²) in [6, 6.07) is 7.06. The van der Waals surface area contributed by atoms with Gasteiger partial charge in [0.2, 0.25) is 0 Å². The molecular weight excluding hydrogens is 248 g/mol. The van der Waals surface area contributed by atoms with Gasteiger partial charge in [0.05, 0.1) is 6.54 Å². The number of carboxylic acids is 1. The predicted octanol–water partition coefficient (Wildman–Crippen LogP) is 3.07. The van der Waals surface area contributed by atoms with E-state index in [9.17, 15) is 4.79 Å². The lowest BCUT2D eigenvalue weighted by molar-refractivity contribution is 0.0690. The average molecular weight is 262 g/mol. The molecule has 5 heteroatoms. The Bertz CT molecular complexity index is 559. The minimum absolute atomic E-state index is 0.0542. The van der Waals surface area contributed by atoms with E-state index in [0.29, 0.717) is 12.4 Å². The van der Waals surface area contributed by atoms with Gasteiger partial charge in [-0.1, -0.05) is 6.07 Å². The standard InChI is InChI=1S/C13H14N2O2S/c1-8-6-10(18-9(8)2)7-14-12-5-3-4-11(15-12)13(16)17/h3-6H,7H2,1-2H3,(H,14,15)(H,16,17). The van der Waals surface area contributed by atoms with Crippen molar-refractivity contribution in [2.75, 3.05) is 5.32 Å². The van der Waals surface area contributed by atoms with Gasteiger partial charge in [-0.05, 0) is 37.6 Å². The molecule has 0 radical (unpaired) electrons. The maximum Gasteiger partial charge on any atom is 0.354 e. The molecule has 0 fully saturated rings. The molecule has 0 amide bonds. The van der Waals surface area contributed by atoms with Crippen molar-refractivity contribution in [3.8, 4) is 0 Å². The van der Waals surface area contributed by atoms with Crippen molar-refractivity contribution in [1.29, 1.82) is 0 Å². The Labute approximate surface area is 109 Å². The Morgan fingerprint density at radius 1 is 1.44 bits per heavy atom. The predicted molar refractivity (Wildman–Crippen MR) is 72.3 cm³/mol. The van der Waals surface area contributed by atoms with Gasteiger partial charge < -0.3 is 10.4 Å². The molecule has 0 saturated carbocycles. The number of aromatic nitrogens is 1. The highest BCUT2D eigenvalue weighted by Crippen LogP contribution is 2.21. The number of anilines is 1. The van der Waals surface area contributed by atoms with Crippen LogP contribution in [-0.4, -0.2) is 16.1 Å². The highest BCUT2D eigenvalue weighted by Gasteiger charge is 2.05. The molecule has 4 nitrogen and oxygen atoms in total. The van der Waals surface area contributed by atoms with E-state index in [0.717, 1.165) is 0 Å².